The summed E-state index contributed by atoms with van der Waals surface area (Å²) in [6.45, 7) is 7.69. The van der Waals surface area contributed by atoms with Gasteiger partial charge in [-0.15, -0.1) is 0 Å². The number of hydrogen-bond donors (Lipinski definition) is 2. The van der Waals surface area contributed by atoms with Gasteiger partial charge in [-0.3, -0.25) is 0 Å². The van der Waals surface area contributed by atoms with E-state index in [0.29, 0.717) is 0 Å². The van der Waals surface area contributed by atoms with Crippen molar-refractivity contribution >= 4 is 0 Å². The average molecular weight is 124 g/mol. The van der Waals surface area contributed by atoms with Gasteiger partial charge >= 0.3 is 18.9 Å². The quantitative estimate of drug-likeness (QED) is 0.382. The third-order valence-electron chi connectivity index (χ3n) is 1.66. The molecule has 0 aromatic rings. The van der Waals surface area contributed by atoms with E-state index in [1.807, 2.05) is 27.7 Å². The minimum absolute atomic E-state index is 0. The minimum atomic E-state index is -0.285. The maximum atomic E-state index is 5.69. The molecule has 0 radical (unpaired) electrons. The third-order valence-corrected chi connectivity index (χ3v) is 1.66. The molecule has 0 unspecified atom stereocenters. The monoisotopic (exact) mass is 124 g/mol. The van der Waals surface area contributed by atoms with Gasteiger partial charge in [-0.25, -0.2) is 0 Å². The molecule has 0 saturated carbocycles. The Morgan fingerprint density at radius 2 is 1.00 bits per heavy atom. The minimum Gasteiger partial charge on any atom is -1.00 e. The van der Waals surface area contributed by atoms with E-state index in [2.05, 4.69) is 0 Å². The molecule has 3 heteroatoms. The molecule has 0 bridgehead atoms. The Labute approximate surface area is 71.0 Å². The normalized spacial score (nSPS) is 12.7. The molecular formula is C6H17LiN2. The Morgan fingerprint density at radius 1 is 0.889 bits per heavy atom. The van der Waals surface area contributed by atoms with Crippen molar-refractivity contribution in [3.63, 3.8) is 0 Å². The Morgan fingerprint density at radius 3 is 1.00 bits per heavy atom. The zero-order valence-electron chi connectivity index (χ0n) is 8.15. The van der Waals surface area contributed by atoms with Crippen LogP contribution in [-0.2, 0) is 0 Å². The summed E-state index contributed by atoms with van der Waals surface area (Å²) in [5.74, 6) is 0. The molecule has 9 heavy (non-hydrogen) atoms. The Bertz CT molecular complexity index is 70.7. The molecule has 0 aliphatic carbocycles. The second-order valence-corrected chi connectivity index (χ2v) is 3.44. The summed E-state index contributed by atoms with van der Waals surface area (Å²) in [6.07, 6.45) is 0. The Hall–Kier alpha value is 0.517. The summed E-state index contributed by atoms with van der Waals surface area (Å²) in [5.41, 5.74) is 10.8. The third kappa shape index (κ3) is 3.99. The summed E-state index contributed by atoms with van der Waals surface area (Å²) in [6, 6.07) is 0. The van der Waals surface area contributed by atoms with Gasteiger partial charge in [0.1, 0.15) is 0 Å². The largest absolute Gasteiger partial charge is 1.00 e. The van der Waals surface area contributed by atoms with Gasteiger partial charge in [-0.2, -0.15) is 0 Å². The second kappa shape index (κ2) is 3.07. The van der Waals surface area contributed by atoms with Crippen LogP contribution in [0.5, 0.6) is 0 Å². The van der Waals surface area contributed by atoms with E-state index in [0.717, 1.165) is 0 Å². The molecule has 0 amide bonds. The van der Waals surface area contributed by atoms with Gasteiger partial charge in [0.05, 0.1) is 0 Å². The predicted octanol–water partition coefficient (Wildman–Crippen LogP) is -2.42. The fourth-order valence-corrected chi connectivity index (χ4v) is 0. The van der Waals surface area contributed by atoms with Crippen LogP contribution in [-0.4, -0.2) is 11.1 Å². The van der Waals surface area contributed by atoms with Crippen LogP contribution in [0.15, 0.2) is 0 Å². The van der Waals surface area contributed by atoms with Crippen LogP contribution in [0.3, 0.4) is 0 Å². The molecule has 0 aliphatic rings. The van der Waals surface area contributed by atoms with Crippen molar-refractivity contribution < 1.29 is 20.3 Å². The molecule has 0 rings (SSSR count). The molecule has 0 atom stereocenters. The molecule has 0 aromatic carbocycles. The first-order chi connectivity index (χ1) is 3.25. The van der Waals surface area contributed by atoms with Crippen LogP contribution in [0.2, 0.25) is 0 Å². The van der Waals surface area contributed by atoms with Crippen molar-refractivity contribution in [1.29, 1.82) is 0 Å². The average Bonchev–Trinajstić information content (AvgIpc) is 1.25. The zero-order chi connectivity index (χ0) is 7.00. The van der Waals surface area contributed by atoms with Gasteiger partial charge in [0, 0.05) is 11.1 Å². The molecule has 52 valence electrons. The maximum absolute atomic E-state index is 5.69. The van der Waals surface area contributed by atoms with Crippen molar-refractivity contribution in [2.45, 2.75) is 38.8 Å². The van der Waals surface area contributed by atoms with Crippen LogP contribution >= 0.6 is 0 Å². The van der Waals surface area contributed by atoms with Crippen LogP contribution in [0.1, 0.15) is 29.1 Å². The van der Waals surface area contributed by atoms with Crippen LogP contribution in [0.4, 0.5) is 0 Å². The topological polar surface area (TPSA) is 52.0 Å². The second-order valence-electron chi connectivity index (χ2n) is 3.44. The summed E-state index contributed by atoms with van der Waals surface area (Å²) in [4.78, 5) is 0. The molecule has 0 heterocycles. The molecule has 0 saturated heterocycles. The number of rotatable bonds is 1. The predicted molar refractivity (Wildman–Crippen MR) is 37.6 cm³/mol. The number of nitrogens with two attached hydrogens (primary N) is 2. The molecular weight excluding hydrogens is 107 g/mol. The Balaban J connectivity index is -0.000000245. The van der Waals surface area contributed by atoms with E-state index in [4.69, 9.17) is 11.5 Å². The van der Waals surface area contributed by atoms with Gasteiger partial charge in [-0.05, 0) is 27.7 Å². The van der Waals surface area contributed by atoms with Gasteiger partial charge < -0.3 is 12.9 Å². The van der Waals surface area contributed by atoms with E-state index >= 15 is 0 Å². The van der Waals surface area contributed by atoms with Gasteiger partial charge in [0.15, 0.2) is 0 Å². The van der Waals surface area contributed by atoms with E-state index in [-0.39, 0.29) is 31.4 Å². The van der Waals surface area contributed by atoms with Crippen molar-refractivity contribution in [3.8, 4) is 0 Å². The van der Waals surface area contributed by atoms with E-state index in [1.165, 1.54) is 0 Å². The molecule has 0 aromatic heterocycles. The van der Waals surface area contributed by atoms with Crippen molar-refractivity contribution in [2.24, 2.45) is 11.5 Å². The van der Waals surface area contributed by atoms with Crippen molar-refractivity contribution in [3.05, 3.63) is 0 Å². The van der Waals surface area contributed by atoms with Gasteiger partial charge in [0.25, 0.3) is 0 Å². The van der Waals surface area contributed by atoms with Gasteiger partial charge in [0.2, 0.25) is 0 Å². The summed E-state index contributed by atoms with van der Waals surface area (Å²) in [7, 11) is 0. The van der Waals surface area contributed by atoms with Gasteiger partial charge in [-0.1, -0.05) is 0 Å². The molecule has 0 aliphatic heterocycles. The van der Waals surface area contributed by atoms with Crippen LogP contribution < -0.4 is 30.3 Å². The SMILES string of the molecule is CC(C)(N)C(C)(C)N.[H-].[Li+]. The van der Waals surface area contributed by atoms with Crippen LogP contribution in [0, 0.1) is 0 Å². The summed E-state index contributed by atoms with van der Waals surface area (Å²) in [5, 5.41) is 0. The zero-order valence-corrected chi connectivity index (χ0v) is 7.15. The summed E-state index contributed by atoms with van der Waals surface area (Å²) >= 11 is 0. The first-order valence-electron chi connectivity index (χ1n) is 2.83. The van der Waals surface area contributed by atoms with Crippen LogP contribution in [0.25, 0.3) is 0 Å². The maximum Gasteiger partial charge on any atom is 1.00 e. The molecule has 0 spiro atoms. The van der Waals surface area contributed by atoms with Crippen molar-refractivity contribution in [2.75, 3.05) is 0 Å². The molecule has 4 N–H and O–H groups in total. The Kier molecular flexibility index (Phi) is 4.17. The first-order valence-corrected chi connectivity index (χ1v) is 2.83. The molecule has 0 fully saturated rings. The molecule has 2 nitrogen and oxygen atoms in total. The van der Waals surface area contributed by atoms with Crippen molar-refractivity contribution in [1.82, 2.24) is 0 Å². The smallest absolute Gasteiger partial charge is 1.00 e. The fraction of sp³-hybridized carbons (Fsp3) is 1.00. The first kappa shape index (κ1) is 12.2. The van der Waals surface area contributed by atoms with E-state index in [1.54, 1.807) is 0 Å². The van der Waals surface area contributed by atoms with E-state index < -0.39 is 0 Å². The standard InChI is InChI=1S/C6H16N2.Li.H/c1-5(2,7)6(3,4)8;;/h7-8H2,1-4H3;;/q;+1;-1. The summed E-state index contributed by atoms with van der Waals surface area (Å²) < 4.78 is 0. The number of hydrogen-bond acceptors (Lipinski definition) is 2. The fourth-order valence-electron chi connectivity index (χ4n) is 0. The van der Waals surface area contributed by atoms with E-state index in [9.17, 15) is 0 Å².